The number of rotatable bonds is 5. The monoisotopic (exact) mass is 236 g/mol. The number of hydrogen-bond acceptors (Lipinski definition) is 3. The molecule has 1 unspecified atom stereocenters. The molecule has 0 aromatic heterocycles. The van der Waals surface area contributed by atoms with E-state index in [4.69, 9.17) is 0 Å². The lowest BCUT2D eigenvalue weighted by molar-refractivity contribution is -0.467. The normalized spacial score (nSPS) is 11.9. The van der Waals surface area contributed by atoms with Gasteiger partial charge in [-0.15, -0.1) is 0 Å². The van der Waals surface area contributed by atoms with Gasteiger partial charge >= 0.3 is 0 Å². The molecule has 1 aromatic rings. The molecule has 1 rings (SSSR count). The summed E-state index contributed by atoms with van der Waals surface area (Å²) >= 11 is 0. The highest BCUT2D eigenvalue weighted by molar-refractivity contribution is 5.91. The van der Waals surface area contributed by atoms with Crippen LogP contribution in [0.1, 0.15) is 31.7 Å². The standard InChI is InChI=1S/C12H16N2O3/c1-3-9(2)10-4-6-11(7-5-10)13-12(15)8-14(16)17/h4-7,9H,3,8H2,1-2H3,(H,13,15). The molecular formula is C12H16N2O3. The van der Waals surface area contributed by atoms with E-state index in [9.17, 15) is 14.9 Å². The lowest BCUT2D eigenvalue weighted by Crippen LogP contribution is -2.21. The van der Waals surface area contributed by atoms with Crippen LogP contribution in [0, 0.1) is 10.1 Å². The molecule has 1 N–H and O–H groups in total. The quantitative estimate of drug-likeness (QED) is 0.630. The maximum atomic E-state index is 11.1. The Balaban J connectivity index is 2.62. The molecule has 17 heavy (non-hydrogen) atoms. The smallest absolute Gasteiger partial charge is 0.296 e. The summed E-state index contributed by atoms with van der Waals surface area (Å²) in [5.74, 6) is -0.134. The van der Waals surface area contributed by atoms with Crippen LogP contribution in [0.25, 0.3) is 0 Å². The highest BCUT2D eigenvalue weighted by Gasteiger charge is 2.09. The number of anilines is 1. The van der Waals surface area contributed by atoms with E-state index in [-0.39, 0.29) is 0 Å². The second-order valence-corrected chi connectivity index (χ2v) is 3.97. The molecule has 0 aliphatic carbocycles. The first kappa shape index (κ1) is 13.2. The summed E-state index contributed by atoms with van der Waals surface area (Å²) in [6.07, 6.45) is 1.05. The first-order valence-corrected chi connectivity index (χ1v) is 5.54. The molecule has 1 aromatic carbocycles. The van der Waals surface area contributed by atoms with Crippen molar-refractivity contribution >= 4 is 11.6 Å². The molecule has 92 valence electrons. The van der Waals surface area contributed by atoms with Gasteiger partial charge in [0.15, 0.2) is 0 Å². The molecule has 0 aliphatic rings. The minimum absolute atomic E-state index is 0.471. The minimum atomic E-state index is -0.701. The number of nitrogens with zero attached hydrogens (tertiary/aromatic N) is 1. The van der Waals surface area contributed by atoms with Crippen LogP contribution in [0.3, 0.4) is 0 Å². The zero-order chi connectivity index (χ0) is 12.8. The number of nitrogens with one attached hydrogen (secondary N) is 1. The fourth-order valence-electron chi connectivity index (χ4n) is 1.45. The van der Waals surface area contributed by atoms with Crippen LogP contribution in [0.2, 0.25) is 0 Å². The SMILES string of the molecule is CCC(C)c1ccc(NC(=O)C[N+](=O)[O-])cc1. The van der Waals surface area contributed by atoms with Gasteiger partial charge in [-0.1, -0.05) is 26.0 Å². The first-order valence-electron chi connectivity index (χ1n) is 5.54. The first-order chi connectivity index (χ1) is 8.02. The predicted octanol–water partition coefficient (Wildman–Crippen LogP) is 2.42. The third-order valence-electron chi connectivity index (χ3n) is 2.65. The van der Waals surface area contributed by atoms with Crippen molar-refractivity contribution in [1.29, 1.82) is 0 Å². The highest BCUT2D eigenvalue weighted by atomic mass is 16.6. The van der Waals surface area contributed by atoms with Crippen molar-refractivity contribution in [2.45, 2.75) is 26.2 Å². The van der Waals surface area contributed by atoms with Crippen molar-refractivity contribution in [3.63, 3.8) is 0 Å². The summed E-state index contributed by atoms with van der Waals surface area (Å²) in [6, 6.07) is 7.38. The predicted molar refractivity (Wildman–Crippen MR) is 65.6 cm³/mol. The average Bonchev–Trinajstić information content (AvgIpc) is 2.28. The fraction of sp³-hybridized carbons (Fsp3) is 0.417. The van der Waals surface area contributed by atoms with E-state index in [1.807, 2.05) is 12.1 Å². The van der Waals surface area contributed by atoms with Gasteiger partial charge < -0.3 is 5.32 Å². The summed E-state index contributed by atoms with van der Waals surface area (Å²) < 4.78 is 0. The molecule has 0 heterocycles. The molecule has 5 nitrogen and oxygen atoms in total. The summed E-state index contributed by atoms with van der Waals surface area (Å²) in [7, 11) is 0. The fourth-order valence-corrected chi connectivity index (χ4v) is 1.45. The number of nitro groups is 1. The van der Waals surface area contributed by atoms with Crippen molar-refractivity contribution < 1.29 is 9.72 Å². The molecule has 0 radical (unpaired) electrons. The van der Waals surface area contributed by atoms with Crippen molar-refractivity contribution in [3.05, 3.63) is 39.9 Å². The maximum absolute atomic E-state index is 11.1. The van der Waals surface area contributed by atoms with Crippen LogP contribution in [-0.2, 0) is 4.79 Å². The summed E-state index contributed by atoms with van der Waals surface area (Å²) in [6.45, 7) is 3.53. The third-order valence-corrected chi connectivity index (χ3v) is 2.65. The van der Waals surface area contributed by atoms with Crippen molar-refractivity contribution in [1.82, 2.24) is 0 Å². The summed E-state index contributed by atoms with van der Waals surface area (Å²) in [4.78, 5) is 20.6. The van der Waals surface area contributed by atoms with Gasteiger partial charge in [0.05, 0.1) is 0 Å². The van der Waals surface area contributed by atoms with Gasteiger partial charge in [0, 0.05) is 10.6 Å². The van der Waals surface area contributed by atoms with Crippen LogP contribution >= 0.6 is 0 Å². The van der Waals surface area contributed by atoms with Gasteiger partial charge in [-0.2, -0.15) is 0 Å². The maximum Gasteiger partial charge on any atom is 0.296 e. The zero-order valence-corrected chi connectivity index (χ0v) is 9.97. The minimum Gasteiger partial charge on any atom is -0.320 e. The Morgan fingerprint density at radius 2 is 2.00 bits per heavy atom. The summed E-state index contributed by atoms with van der Waals surface area (Å²) in [5, 5.41) is 12.6. The molecule has 0 fully saturated rings. The number of benzene rings is 1. The topological polar surface area (TPSA) is 72.2 Å². The molecule has 0 aliphatic heterocycles. The van der Waals surface area contributed by atoms with Gasteiger partial charge in [0.1, 0.15) is 0 Å². The third kappa shape index (κ3) is 4.22. The van der Waals surface area contributed by atoms with Crippen LogP contribution in [0.4, 0.5) is 5.69 Å². The van der Waals surface area contributed by atoms with Crippen molar-refractivity contribution in [2.75, 3.05) is 11.9 Å². The van der Waals surface area contributed by atoms with Crippen LogP contribution in [-0.4, -0.2) is 17.4 Å². The van der Waals surface area contributed by atoms with E-state index < -0.39 is 17.4 Å². The molecule has 0 saturated carbocycles. The lowest BCUT2D eigenvalue weighted by atomic mass is 9.99. The largest absolute Gasteiger partial charge is 0.320 e. The molecule has 0 saturated heterocycles. The Hall–Kier alpha value is -1.91. The Kier molecular flexibility index (Phi) is 4.63. The number of carbonyl (C=O) groups is 1. The van der Waals surface area contributed by atoms with Gasteiger partial charge in [-0.3, -0.25) is 14.9 Å². The van der Waals surface area contributed by atoms with Gasteiger partial charge in [-0.25, -0.2) is 0 Å². The van der Waals surface area contributed by atoms with Crippen molar-refractivity contribution in [3.8, 4) is 0 Å². The van der Waals surface area contributed by atoms with E-state index in [1.165, 1.54) is 5.56 Å². The molecule has 5 heteroatoms. The second-order valence-electron chi connectivity index (χ2n) is 3.97. The second kappa shape index (κ2) is 5.98. The number of hydrogen-bond donors (Lipinski definition) is 1. The number of carbonyl (C=O) groups excluding carboxylic acids is 1. The van der Waals surface area contributed by atoms with Crippen molar-refractivity contribution in [2.24, 2.45) is 0 Å². The van der Waals surface area contributed by atoms with Gasteiger partial charge in [0.25, 0.3) is 12.5 Å². The molecule has 0 spiro atoms. The Labute approximate surface area is 100.0 Å². The molecule has 1 amide bonds. The summed E-state index contributed by atoms with van der Waals surface area (Å²) in [5.41, 5.74) is 1.78. The van der Waals surface area contributed by atoms with E-state index in [2.05, 4.69) is 19.2 Å². The highest BCUT2D eigenvalue weighted by Crippen LogP contribution is 2.20. The van der Waals surface area contributed by atoms with E-state index >= 15 is 0 Å². The molecule has 0 bridgehead atoms. The Bertz CT molecular complexity index is 401. The Morgan fingerprint density at radius 3 is 2.47 bits per heavy atom. The Morgan fingerprint density at radius 1 is 1.41 bits per heavy atom. The lowest BCUT2D eigenvalue weighted by Gasteiger charge is -2.09. The molecular weight excluding hydrogens is 220 g/mol. The van der Waals surface area contributed by atoms with Gasteiger partial charge in [-0.05, 0) is 30.0 Å². The zero-order valence-electron chi connectivity index (χ0n) is 9.97. The van der Waals surface area contributed by atoms with E-state index in [0.29, 0.717) is 11.6 Å². The van der Waals surface area contributed by atoms with Crippen LogP contribution in [0.5, 0.6) is 0 Å². The van der Waals surface area contributed by atoms with Crippen LogP contribution in [0.15, 0.2) is 24.3 Å². The molecule has 1 atom stereocenters. The van der Waals surface area contributed by atoms with E-state index in [0.717, 1.165) is 6.42 Å². The average molecular weight is 236 g/mol. The number of amides is 1. The van der Waals surface area contributed by atoms with E-state index in [1.54, 1.807) is 12.1 Å². The van der Waals surface area contributed by atoms with Crippen LogP contribution < -0.4 is 5.32 Å². The van der Waals surface area contributed by atoms with Gasteiger partial charge in [0.2, 0.25) is 0 Å².